The van der Waals surface area contributed by atoms with Gasteiger partial charge in [0, 0.05) is 11.0 Å². The Kier molecular flexibility index (Phi) is 3.68. The smallest absolute Gasteiger partial charge is 0.144 e. The van der Waals surface area contributed by atoms with Crippen LogP contribution in [0.15, 0.2) is 40.9 Å². The van der Waals surface area contributed by atoms with E-state index in [0.29, 0.717) is 17.9 Å². The van der Waals surface area contributed by atoms with Gasteiger partial charge in [-0.15, -0.1) is 0 Å². The standard InChI is InChI=1S/C16H14BrFN2O/c1-2-7-20-14-9-11(18)4-5-13(14)19-16(20)12-8-10(17)3-6-15(12)21/h3-6,8-9,21H,2,7H2,1H3. The van der Waals surface area contributed by atoms with E-state index in [4.69, 9.17) is 0 Å². The molecular formula is C16H14BrFN2O. The lowest BCUT2D eigenvalue weighted by atomic mass is 10.2. The summed E-state index contributed by atoms with van der Waals surface area (Å²) in [5.41, 5.74) is 2.10. The van der Waals surface area contributed by atoms with Crippen LogP contribution in [0.4, 0.5) is 4.39 Å². The molecule has 0 atom stereocenters. The molecule has 0 bridgehead atoms. The minimum absolute atomic E-state index is 0.159. The lowest BCUT2D eigenvalue weighted by molar-refractivity contribution is 0.476. The Hall–Kier alpha value is -1.88. The summed E-state index contributed by atoms with van der Waals surface area (Å²) < 4.78 is 16.3. The summed E-state index contributed by atoms with van der Waals surface area (Å²) in [7, 11) is 0. The number of hydrogen-bond donors (Lipinski definition) is 1. The monoisotopic (exact) mass is 348 g/mol. The quantitative estimate of drug-likeness (QED) is 0.743. The maximum atomic E-state index is 13.5. The molecule has 0 unspecified atom stereocenters. The van der Waals surface area contributed by atoms with Crippen LogP contribution < -0.4 is 0 Å². The number of aryl methyl sites for hydroxylation is 1. The van der Waals surface area contributed by atoms with Crippen molar-refractivity contribution in [2.24, 2.45) is 0 Å². The van der Waals surface area contributed by atoms with Crippen molar-refractivity contribution in [1.29, 1.82) is 0 Å². The number of phenols is 1. The Morgan fingerprint density at radius 3 is 2.81 bits per heavy atom. The van der Waals surface area contributed by atoms with Gasteiger partial charge in [-0.25, -0.2) is 9.37 Å². The van der Waals surface area contributed by atoms with Gasteiger partial charge in [-0.05, 0) is 42.8 Å². The van der Waals surface area contributed by atoms with Crippen LogP contribution in [-0.4, -0.2) is 14.7 Å². The summed E-state index contributed by atoms with van der Waals surface area (Å²) >= 11 is 3.40. The number of imidazole rings is 1. The minimum atomic E-state index is -0.287. The van der Waals surface area contributed by atoms with Gasteiger partial charge in [0.05, 0.1) is 16.6 Å². The number of fused-ring (bicyclic) bond motifs is 1. The van der Waals surface area contributed by atoms with Crippen molar-refractivity contribution < 1.29 is 9.50 Å². The van der Waals surface area contributed by atoms with Crippen LogP contribution in [0, 0.1) is 5.82 Å². The lowest BCUT2D eigenvalue weighted by Gasteiger charge is -2.09. The predicted octanol–water partition coefficient (Wildman–Crippen LogP) is 4.72. The van der Waals surface area contributed by atoms with Crippen molar-refractivity contribution in [2.75, 3.05) is 0 Å². The van der Waals surface area contributed by atoms with Gasteiger partial charge >= 0.3 is 0 Å². The zero-order chi connectivity index (χ0) is 15.0. The molecule has 0 aliphatic rings. The first-order valence-electron chi connectivity index (χ1n) is 6.75. The third kappa shape index (κ3) is 2.53. The van der Waals surface area contributed by atoms with Crippen molar-refractivity contribution in [3.8, 4) is 17.1 Å². The van der Waals surface area contributed by atoms with E-state index in [1.165, 1.54) is 12.1 Å². The molecule has 21 heavy (non-hydrogen) atoms. The topological polar surface area (TPSA) is 38.0 Å². The van der Waals surface area contributed by atoms with Gasteiger partial charge in [0.15, 0.2) is 0 Å². The van der Waals surface area contributed by atoms with Gasteiger partial charge in [0.25, 0.3) is 0 Å². The molecule has 3 rings (SSSR count). The van der Waals surface area contributed by atoms with E-state index in [1.54, 1.807) is 18.2 Å². The first kappa shape index (κ1) is 14.1. The molecule has 0 fully saturated rings. The highest BCUT2D eigenvalue weighted by Crippen LogP contribution is 2.33. The summed E-state index contributed by atoms with van der Waals surface area (Å²) in [5, 5.41) is 10.1. The van der Waals surface area contributed by atoms with Crippen molar-refractivity contribution >= 4 is 27.0 Å². The molecule has 0 amide bonds. The summed E-state index contributed by atoms with van der Waals surface area (Å²) in [6, 6.07) is 9.75. The van der Waals surface area contributed by atoms with E-state index >= 15 is 0 Å². The molecule has 1 N–H and O–H groups in total. The highest BCUT2D eigenvalue weighted by atomic mass is 79.9. The van der Waals surface area contributed by atoms with Gasteiger partial charge in [-0.3, -0.25) is 0 Å². The van der Waals surface area contributed by atoms with E-state index < -0.39 is 0 Å². The molecular weight excluding hydrogens is 335 g/mol. The number of halogens is 2. The highest BCUT2D eigenvalue weighted by molar-refractivity contribution is 9.10. The Balaban J connectivity index is 2.30. The van der Waals surface area contributed by atoms with E-state index in [2.05, 4.69) is 27.8 Å². The van der Waals surface area contributed by atoms with Crippen LogP contribution in [0.5, 0.6) is 5.75 Å². The van der Waals surface area contributed by atoms with Gasteiger partial charge in [-0.2, -0.15) is 0 Å². The third-order valence-corrected chi connectivity index (χ3v) is 3.85. The van der Waals surface area contributed by atoms with Crippen LogP contribution >= 0.6 is 15.9 Å². The zero-order valence-corrected chi connectivity index (χ0v) is 13.1. The number of nitrogens with zero attached hydrogens (tertiary/aromatic N) is 2. The second-order valence-corrected chi connectivity index (χ2v) is 5.80. The number of rotatable bonds is 3. The van der Waals surface area contributed by atoms with Crippen molar-refractivity contribution in [2.45, 2.75) is 19.9 Å². The fourth-order valence-corrected chi connectivity index (χ4v) is 2.80. The van der Waals surface area contributed by atoms with E-state index in [-0.39, 0.29) is 11.6 Å². The fourth-order valence-electron chi connectivity index (χ4n) is 2.44. The van der Waals surface area contributed by atoms with Crippen LogP contribution in [-0.2, 0) is 6.54 Å². The van der Waals surface area contributed by atoms with Crippen LogP contribution in [0.25, 0.3) is 22.4 Å². The Labute approximate surface area is 130 Å². The van der Waals surface area contributed by atoms with Crippen molar-refractivity contribution in [3.05, 3.63) is 46.7 Å². The van der Waals surface area contributed by atoms with Crippen molar-refractivity contribution in [1.82, 2.24) is 9.55 Å². The van der Waals surface area contributed by atoms with Gasteiger partial charge in [0.2, 0.25) is 0 Å². The van der Waals surface area contributed by atoms with Crippen LogP contribution in [0.1, 0.15) is 13.3 Å². The summed E-state index contributed by atoms with van der Waals surface area (Å²) in [6.45, 7) is 2.76. The first-order chi connectivity index (χ1) is 10.1. The molecule has 3 nitrogen and oxygen atoms in total. The Morgan fingerprint density at radius 1 is 1.24 bits per heavy atom. The molecule has 0 radical (unpaired) electrons. The maximum absolute atomic E-state index is 13.5. The molecule has 5 heteroatoms. The second kappa shape index (κ2) is 5.48. The van der Waals surface area contributed by atoms with Crippen molar-refractivity contribution in [3.63, 3.8) is 0 Å². The molecule has 0 aliphatic heterocycles. The fraction of sp³-hybridized carbons (Fsp3) is 0.188. The highest BCUT2D eigenvalue weighted by Gasteiger charge is 2.16. The SMILES string of the molecule is CCCn1c(-c2cc(Br)ccc2O)nc2ccc(F)cc21. The lowest BCUT2D eigenvalue weighted by Crippen LogP contribution is -2.00. The normalized spacial score (nSPS) is 11.2. The number of phenolic OH excluding ortho intramolecular Hbond substituents is 1. The molecule has 2 aromatic carbocycles. The molecule has 3 aromatic rings. The Bertz CT molecular complexity index is 813. The molecule has 1 aromatic heterocycles. The molecule has 0 saturated carbocycles. The molecule has 0 aliphatic carbocycles. The first-order valence-corrected chi connectivity index (χ1v) is 7.54. The summed E-state index contributed by atoms with van der Waals surface area (Å²) in [4.78, 5) is 4.56. The number of benzene rings is 2. The van der Waals surface area contributed by atoms with Gasteiger partial charge < -0.3 is 9.67 Å². The van der Waals surface area contributed by atoms with E-state index in [1.807, 2.05) is 10.6 Å². The maximum Gasteiger partial charge on any atom is 0.144 e. The number of hydrogen-bond acceptors (Lipinski definition) is 2. The molecule has 0 saturated heterocycles. The summed E-state index contributed by atoms with van der Waals surface area (Å²) in [6.07, 6.45) is 0.893. The summed E-state index contributed by atoms with van der Waals surface area (Å²) in [5.74, 6) is 0.521. The average molecular weight is 349 g/mol. The van der Waals surface area contributed by atoms with Gasteiger partial charge in [-0.1, -0.05) is 22.9 Å². The molecule has 1 heterocycles. The van der Waals surface area contributed by atoms with E-state index in [9.17, 15) is 9.50 Å². The van der Waals surface area contributed by atoms with Crippen LogP contribution in [0.3, 0.4) is 0 Å². The molecule has 108 valence electrons. The number of aromatic hydroxyl groups is 1. The zero-order valence-electron chi connectivity index (χ0n) is 11.5. The third-order valence-electron chi connectivity index (χ3n) is 3.36. The predicted molar refractivity (Wildman–Crippen MR) is 84.8 cm³/mol. The largest absolute Gasteiger partial charge is 0.507 e. The Morgan fingerprint density at radius 2 is 2.05 bits per heavy atom. The van der Waals surface area contributed by atoms with Crippen LogP contribution in [0.2, 0.25) is 0 Å². The second-order valence-electron chi connectivity index (χ2n) is 4.88. The van der Waals surface area contributed by atoms with Gasteiger partial charge in [0.1, 0.15) is 17.4 Å². The molecule has 0 spiro atoms. The average Bonchev–Trinajstić information content (AvgIpc) is 2.80. The minimum Gasteiger partial charge on any atom is -0.507 e. The number of aromatic nitrogens is 2. The van der Waals surface area contributed by atoms with E-state index in [0.717, 1.165) is 21.9 Å².